The number of aromatic amines is 2. The van der Waals surface area contributed by atoms with E-state index in [9.17, 15) is 4.79 Å². The highest BCUT2D eigenvalue weighted by Gasteiger charge is 2.14. The Morgan fingerprint density at radius 3 is 2.75 bits per heavy atom. The van der Waals surface area contributed by atoms with Gasteiger partial charge in [-0.2, -0.15) is 0 Å². The lowest BCUT2D eigenvalue weighted by molar-refractivity contribution is 0.218. The van der Waals surface area contributed by atoms with Crippen LogP contribution in [0, 0.1) is 5.92 Å². The highest BCUT2D eigenvalue weighted by Crippen LogP contribution is 2.27. The van der Waals surface area contributed by atoms with E-state index < -0.39 is 0 Å². The van der Waals surface area contributed by atoms with Crippen LogP contribution in [0.3, 0.4) is 0 Å². The number of rotatable bonds is 4. The van der Waals surface area contributed by atoms with Gasteiger partial charge < -0.3 is 20.0 Å². The summed E-state index contributed by atoms with van der Waals surface area (Å²) in [5.41, 5.74) is 3.21. The molecule has 28 heavy (non-hydrogen) atoms. The van der Waals surface area contributed by atoms with Crippen LogP contribution >= 0.6 is 0 Å². The summed E-state index contributed by atoms with van der Waals surface area (Å²) in [5.74, 6) is 1.44. The molecule has 0 saturated carbocycles. The summed E-state index contributed by atoms with van der Waals surface area (Å²) in [4.78, 5) is 18.9. The van der Waals surface area contributed by atoms with Gasteiger partial charge in [-0.1, -0.05) is 18.2 Å². The summed E-state index contributed by atoms with van der Waals surface area (Å²) < 4.78 is 6.03. The molecule has 3 heterocycles. The molecule has 5 nitrogen and oxygen atoms in total. The molecule has 1 aliphatic rings. The second kappa shape index (κ2) is 7.17. The Balaban J connectivity index is 1.43. The zero-order valence-corrected chi connectivity index (χ0v) is 15.6. The van der Waals surface area contributed by atoms with Crippen molar-refractivity contribution in [2.24, 2.45) is 5.92 Å². The van der Waals surface area contributed by atoms with Gasteiger partial charge >= 0.3 is 0 Å². The van der Waals surface area contributed by atoms with Crippen LogP contribution in [0.15, 0.2) is 59.4 Å². The summed E-state index contributed by atoms with van der Waals surface area (Å²) in [6, 6.07) is 17.8. The highest BCUT2D eigenvalue weighted by molar-refractivity contribution is 5.89. The number of ether oxygens (including phenoxy) is 1. The number of benzene rings is 2. The van der Waals surface area contributed by atoms with Gasteiger partial charge in [0, 0.05) is 28.9 Å². The van der Waals surface area contributed by atoms with Crippen molar-refractivity contribution < 1.29 is 4.74 Å². The fraction of sp³-hybridized carbons (Fsp3) is 0.261. The van der Waals surface area contributed by atoms with Crippen LogP contribution in [0.2, 0.25) is 0 Å². The van der Waals surface area contributed by atoms with Crippen LogP contribution in [0.5, 0.6) is 5.75 Å². The molecule has 2 aromatic heterocycles. The van der Waals surface area contributed by atoms with E-state index in [2.05, 4.69) is 15.3 Å². The Morgan fingerprint density at radius 1 is 0.964 bits per heavy atom. The van der Waals surface area contributed by atoms with E-state index >= 15 is 0 Å². The molecule has 5 rings (SSSR count). The second-order valence-corrected chi connectivity index (χ2v) is 7.55. The molecule has 0 spiro atoms. The summed E-state index contributed by atoms with van der Waals surface area (Å²) in [7, 11) is 0. The summed E-state index contributed by atoms with van der Waals surface area (Å²) in [6.45, 7) is 2.88. The van der Waals surface area contributed by atoms with Crippen LogP contribution < -0.4 is 15.6 Å². The number of hydrogen-bond donors (Lipinski definition) is 3. The van der Waals surface area contributed by atoms with E-state index in [1.165, 1.54) is 12.8 Å². The minimum Gasteiger partial charge on any atom is -0.493 e. The van der Waals surface area contributed by atoms with Crippen LogP contribution in [-0.2, 0) is 0 Å². The van der Waals surface area contributed by atoms with Gasteiger partial charge in [-0.25, -0.2) is 0 Å². The van der Waals surface area contributed by atoms with Gasteiger partial charge in [-0.05, 0) is 61.2 Å². The maximum absolute atomic E-state index is 12.5. The zero-order chi connectivity index (χ0) is 18.9. The fourth-order valence-corrected chi connectivity index (χ4v) is 3.97. The molecular formula is C23H23N3O2. The quantitative estimate of drug-likeness (QED) is 0.505. The lowest BCUT2D eigenvalue weighted by Gasteiger charge is -2.22. The van der Waals surface area contributed by atoms with Gasteiger partial charge in [0.25, 0.3) is 5.56 Å². The molecular weight excluding hydrogens is 350 g/mol. The Hall–Kier alpha value is -3.05. The zero-order valence-electron chi connectivity index (χ0n) is 15.6. The lowest BCUT2D eigenvalue weighted by atomic mass is 10.0. The van der Waals surface area contributed by atoms with Crippen molar-refractivity contribution >= 4 is 21.8 Å². The Morgan fingerprint density at radius 2 is 1.86 bits per heavy atom. The van der Waals surface area contributed by atoms with E-state index in [1.807, 2.05) is 54.6 Å². The van der Waals surface area contributed by atoms with Crippen molar-refractivity contribution in [3.63, 3.8) is 0 Å². The number of nitrogens with one attached hydrogen (secondary N) is 3. The fourth-order valence-electron chi connectivity index (χ4n) is 3.97. The van der Waals surface area contributed by atoms with E-state index in [1.54, 1.807) is 0 Å². The maximum Gasteiger partial charge on any atom is 0.257 e. The third-order valence-corrected chi connectivity index (χ3v) is 5.52. The number of piperidine rings is 1. The standard InChI is InChI=1S/C23H23N3O2/c27-23-19(11-16-5-1-2-6-20(16)26-23)22-12-17-10-18(7-8-21(17)25-22)28-14-15-4-3-9-24-13-15/h1-2,5-8,10-12,15,24-25H,3-4,9,13-14H2,(H,26,27). The van der Waals surface area contributed by atoms with Crippen molar-refractivity contribution in [1.82, 2.24) is 15.3 Å². The van der Waals surface area contributed by atoms with E-state index in [-0.39, 0.29) is 5.56 Å². The van der Waals surface area contributed by atoms with Gasteiger partial charge in [0.1, 0.15) is 5.75 Å². The Labute approximate surface area is 162 Å². The van der Waals surface area contributed by atoms with Crippen molar-refractivity contribution in [3.8, 4) is 17.0 Å². The monoisotopic (exact) mass is 373 g/mol. The van der Waals surface area contributed by atoms with E-state index in [0.29, 0.717) is 11.5 Å². The van der Waals surface area contributed by atoms with Crippen LogP contribution in [0.25, 0.3) is 33.1 Å². The number of aromatic nitrogens is 2. The molecule has 1 unspecified atom stereocenters. The predicted octanol–water partition coefficient (Wildman–Crippen LogP) is 4.05. The van der Waals surface area contributed by atoms with Gasteiger partial charge in [-0.15, -0.1) is 0 Å². The first kappa shape index (κ1) is 17.1. The Kier molecular flexibility index (Phi) is 4.37. The van der Waals surface area contributed by atoms with Crippen LogP contribution in [0.4, 0.5) is 0 Å². The third-order valence-electron chi connectivity index (χ3n) is 5.52. The average molecular weight is 373 g/mol. The summed E-state index contributed by atoms with van der Waals surface area (Å²) >= 11 is 0. The number of pyridine rings is 1. The molecule has 1 aliphatic heterocycles. The first-order valence-electron chi connectivity index (χ1n) is 9.85. The molecule has 1 atom stereocenters. The van der Waals surface area contributed by atoms with Gasteiger partial charge in [-0.3, -0.25) is 4.79 Å². The van der Waals surface area contributed by atoms with Crippen molar-refractivity contribution in [3.05, 3.63) is 65.0 Å². The highest BCUT2D eigenvalue weighted by atomic mass is 16.5. The van der Waals surface area contributed by atoms with Crippen LogP contribution in [0.1, 0.15) is 12.8 Å². The molecule has 0 radical (unpaired) electrons. The number of para-hydroxylation sites is 1. The third kappa shape index (κ3) is 3.29. The average Bonchev–Trinajstić information content (AvgIpc) is 3.15. The summed E-state index contributed by atoms with van der Waals surface area (Å²) in [6.07, 6.45) is 2.43. The van der Waals surface area contributed by atoms with Gasteiger partial charge in [0.05, 0.1) is 17.9 Å². The lowest BCUT2D eigenvalue weighted by Crippen LogP contribution is -2.33. The van der Waals surface area contributed by atoms with Gasteiger partial charge in [0.15, 0.2) is 0 Å². The smallest absolute Gasteiger partial charge is 0.257 e. The molecule has 0 bridgehead atoms. The maximum atomic E-state index is 12.5. The molecule has 3 N–H and O–H groups in total. The molecule has 1 saturated heterocycles. The largest absolute Gasteiger partial charge is 0.493 e. The second-order valence-electron chi connectivity index (χ2n) is 7.55. The molecule has 2 aromatic carbocycles. The number of H-pyrrole nitrogens is 2. The first-order valence-corrected chi connectivity index (χ1v) is 9.85. The minimum absolute atomic E-state index is 0.0912. The van der Waals surface area contributed by atoms with Gasteiger partial charge in [0.2, 0.25) is 0 Å². The minimum atomic E-state index is -0.0912. The molecule has 142 valence electrons. The van der Waals surface area contributed by atoms with E-state index in [0.717, 1.165) is 52.9 Å². The molecule has 5 heteroatoms. The first-order chi connectivity index (χ1) is 13.8. The molecule has 4 aromatic rings. The normalized spacial score (nSPS) is 17.2. The van der Waals surface area contributed by atoms with Crippen molar-refractivity contribution in [1.29, 1.82) is 0 Å². The number of hydrogen-bond acceptors (Lipinski definition) is 3. The SMILES string of the molecule is O=c1[nH]c2ccccc2cc1-c1cc2cc(OCC3CCCNC3)ccc2[nH]1. The molecule has 0 amide bonds. The topological polar surface area (TPSA) is 69.9 Å². The van der Waals surface area contributed by atoms with E-state index in [4.69, 9.17) is 4.74 Å². The molecule has 0 aliphatic carbocycles. The summed E-state index contributed by atoms with van der Waals surface area (Å²) in [5, 5.41) is 5.48. The number of fused-ring (bicyclic) bond motifs is 2. The predicted molar refractivity (Wildman–Crippen MR) is 113 cm³/mol. The van der Waals surface area contributed by atoms with Crippen LogP contribution in [-0.4, -0.2) is 29.7 Å². The Bertz CT molecular complexity index is 1190. The molecule has 1 fully saturated rings. The van der Waals surface area contributed by atoms with Crippen molar-refractivity contribution in [2.45, 2.75) is 12.8 Å². The van der Waals surface area contributed by atoms with Crippen molar-refractivity contribution in [2.75, 3.05) is 19.7 Å².